The summed E-state index contributed by atoms with van der Waals surface area (Å²) in [5.41, 5.74) is 9.44. The van der Waals surface area contributed by atoms with Gasteiger partial charge in [-0.3, -0.25) is 0 Å². The predicted octanol–water partition coefficient (Wildman–Crippen LogP) is 3.48. The molecule has 0 bridgehead atoms. The highest BCUT2D eigenvalue weighted by Crippen LogP contribution is 2.36. The van der Waals surface area contributed by atoms with E-state index in [9.17, 15) is 0 Å². The number of aryl methyl sites for hydroxylation is 1. The lowest BCUT2D eigenvalue weighted by molar-refractivity contribution is 0.439. The van der Waals surface area contributed by atoms with E-state index < -0.39 is 0 Å². The van der Waals surface area contributed by atoms with Crippen LogP contribution in [0.4, 0.5) is 5.88 Å². The molecule has 3 aromatic rings. The van der Waals surface area contributed by atoms with Gasteiger partial charge in [0.2, 0.25) is 5.88 Å². The molecule has 0 aliphatic rings. The number of hydrogen-bond donors (Lipinski definition) is 2. The van der Waals surface area contributed by atoms with Crippen LogP contribution in [-0.2, 0) is 0 Å². The van der Waals surface area contributed by atoms with Gasteiger partial charge in [0.25, 0.3) is 0 Å². The summed E-state index contributed by atoms with van der Waals surface area (Å²) in [6, 6.07) is 7.75. The third-order valence-corrected chi connectivity index (χ3v) is 3.41. The highest BCUT2D eigenvalue weighted by molar-refractivity contribution is 9.10. The number of aromatic amines is 1. The average molecular weight is 292 g/mol. The molecule has 0 aliphatic heterocycles. The van der Waals surface area contributed by atoms with Crippen molar-refractivity contribution in [2.24, 2.45) is 0 Å². The molecule has 0 aliphatic carbocycles. The molecule has 0 saturated heterocycles. The van der Waals surface area contributed by atoms with E-state index in [0.29, 0.717) is 5.88 Å². The number of anilines is 1. The Balaban J connectivity index is 2.39. The van der Waals surface area contributed by atoms with Crippen LogP contribution in [0.5, 0.6) is 0 Å². The third-order valence-electron chi connectivity index (χ3n) is 2.75. The predicted molar refractivity (Wildman–Crippen MR) is 70.6 cm³/mol. The largest absolute Gasteiger partial charge is 0.368 e. The number of nitrogen functional groups attached to an aromatic ring is 1. The van der Waals surface area contributed by atoms with Crippen LogP contribution >= 0.6 is 15.9 Å². The van der Waals surface area contributed by atoms with E-state index >= 15 is 0 Å². The minimum absolute atomic E-state index is 0.320. The Hall–Kier alpha value is -1.75. The molecule has 0 spiro atoms. The Morgan fingerprint density at radius 1 is 1.41 bits per heavy atom. The highest BCUT2D eigenvalue weighted by Gasteiger charge is 2.15. The summed E-state index contributed by atoms with van der Waals surface area (Å²) in [6.07, 6.45) is 0. The zero-order valence-electron chi connectivity index (χ0n) is 9.12. The monoisotopic (exact) mass is 291 g/mol. The number of nitrogens with one attached hydrogen (secondary N) is 1. The van der Waals surface area contributed by atoms with E-state index in [-0.39, 0.29) is 0 Å². The highest BCUT2D eigenvalue weighted by atomic mass is 79.9. The number of halogens is 1. The topological polar surface area (TPSA) is 67.8 Å². The van der Waals surface area contributed by atoms with Gasteiger partial charge in [-0.25, -0.2) is 0 Å². The molecule has 5 heteroatoms. The summed E-state index contributed by atoms with van der Waals surface area (Å²) < 4.78 is 5.95. The van der Waals surface area contributed by atoms with E-state index in [1.165, 1.54) is 0 Å². The molecule has 1 aromatic carbocycles. The van der Waals surface area contributed by atoms with Gasteiger partial charge in [0.1, 0.15) is 5.69 Å². The molecule has 2 heterocycles. The smallest absolute Gasteiger partial charge is 0.222 e. The number of benzene rings is 1. The van der Waals surface area contributed by atoms with Crippen molar-refractivity contribution in [2.45, 2.75) is 6.92 Å². The third kappa shape index (κ3) is 1.54. The molecule has 17 heavy (non-hydrogen) atoms. The van der Waals surface area contributed by atoms with Crippen molar-refractivity contribution in [3.05, 3.63) is 34.4 Å². The fraction of sp³-hybridized carbons (Fsp3) is 0.0833. The minimum Gasteiger partial charge on any atom is -0.368 e. The van der Waals surface area contributed by atoms with Gasteiger partial charge in [0.05, 0.1) is 0 Å². The zero-order valence-corrected chi connectivity index (χ0v) is 10.7. The maximum atomic E-state index is 5.57. The van der Waals surface area contributed by atoms with Crippen molar-refractivity contribution >= 4 is 32.7 Å². The van der Waals surface area contributed by atoms with Gasteiger partial charge in [0, 0.05) is 32.7 Å². The van der Waals surface area contributed by atoms with Crippen LogP contribution in [-0.4, -0.2) is 10.1 Å². The Kier molecular flexibility index (Phi) is 2.22. The first-order valence-corrected chi connectivity index (χ1v) is 5.95. The summed E-state index contributed by atoms with van der Waals surface area (Å²) >= 11 is 3.56. The van der Waals surface area contributed by atoms with E-state index in [1.807, 2.05) is 25.1 Å². The second-order valence-corrected chi connectivity index (χ2v) is 4.76. The lowest BCUT2D eigenvalue weighted by Gasteiger charge is -1.97. The van der Waals surface area contributed by atoms with E-state index in [1.54, 1.807) is 6.07 Å². The molecule has 2 aromatic heterocycles. The van der Waals surface area contributed by atoms with E-state index in [2.05, 4.69) is 26.1 Å². The minimum atomic E-state index is 0.320. The van der Waals surface area contributed by atoms with Crippen molar-refractivity contribution < 1.29 is 4.52 Å². The number of H-pyrrole nitrogens is 1. The van der Waals surface area contributed by atoms with Gasteiger partial charge in [-0.15, -0.1) is 0 Å². The lowest BCUT2D eigenvalue weighted by Crippen LogP contribution is -1.80. The van der Waals surface area contributed by atoms with Gasteiger partial charge >= 0.3 is 0 Å². The Bertz CT molecular complexity index is 699. The second-order valence-electron chi connectivity index (χ2n) is 3.90. The second kappa shape index (κ2) is 3.63. The normalized spacial score (nSPS) is 11.2. The first-order chi connectivity index (χ1) is 8.16. The summed E-state index contributed by atoms with van der Waals surface area (Å²) in [7, 11) is 0. The fourth-order valence-electron chi connectivity index (χ4n) is 2.06. The molecule has 0 atom stereocenters. The molecule has 0 saturated carbocycles. The molecular weight excluding hydrogens is 282 g/mol. The van der Waals surface area contributed by atoms with Crippen molar-refractivity contribution in [3.8, 4) is 11.3 Å². The summed E-state index contributed by atoms with van der Waals surface area (Å²) in [6.45, 7) is 2.01. The maximum absolute atomic E-state index is 5.57. The Morgan fingerprint density at radius 2 is 2.24 bits per heavy atom. The number of nitrogens with zero attached hydrogens (tertiary/aromatic N) is 1. The zero-order chi connectivity index (χ0) is 12.0. The van der Waals surface area contributed by atoms with Crippen LogP contribution in [0, 0.1) is 6.92 Å². The van der Waals surface area contributed by atoms with Crippen LogP contribution in [0.1, 0.15) is 5.69 Å². The number of rotatable bonds is 1. The van der Waals surface area contributed by atoms with E-state index in [0.717, 1.165) is 32.3 Å². The number of nitrogens with two attached hydrogens (primary N) is 1. The molecule has 0 fully saturated rings. The van der Waals surface area contributed by atoms with E-state index in [4.69, 9.17) is 10.3 Å². The van der Waals surface area contributed by atoms with Crippen molar-refractivity contribution in [2.75, 3.05) is 5.73 Å². The van der Waals surface area contributed by atoms with Crippen molar-refractivity contribution in [3.63, 3.8) is 0 Å². The molecule has 0 unspecified atom stereocenters. The van der Waals surface area contributed by atoms with Gasteiger partial charge in [-0.2, -0.15) is 0 Å². The molecular formula is C12H10BrN3O. The van der Waals surface area contributed by atoms with Gasteiger partial charge in [-0.1, -0.05) is 27.2 Å². The van der Waals surface area contributed by atoms with Crippen LogP contribution in [0.3, 0.4) is 0 Å². The number of fused-ring (bicyclic) bond motifs is 1. The Morgan fingerprint density at radius 3 is 2.94 bits per heavy atom. The molecule has 4 nitrogen and oxygen atoms in total. The van der Waals surface area contributed by atoms with Crippen LogP contribution < -0.4 is 5.73 Å². The molecule has 86 valence electrons. The van der Waals surface area contributed by atoms with Gasteiger partial charge < -0.3 is 15.2 Å². The lowest BCUT2D eigenvalue weighted by atomic mass is 10.1. The van der Waals surface area contributed by atoms with Crippen molar-refractivity contribution in [1.82, 2.24) is 10.1 Å². The molecule has 0 radical (unpaired) electrons. The summed E-state index contributed by atoms with van der Waals surface area (Å²) in [5, 5.41) is 5.07. The molecule has 3 N–H and O–H groups in total. The van der Waals surface area contributed by atoms with Gasteiger partial charge in [-0.05, 0) is 19.1 Å². The standard InChI is InChI=1S/C12H10BrN3O/c1-6-11(9-5-10(14)17-16-9)12-7(13)3-2-4-8(12)15-6/h2-5,15H,14H2,1H3. The van der Waals surface area contributed by atoms with Crippen molar-refractivity contribution in [1.29, 1.82) is 0 Å². The molecule has 0 amide bonds. The van der Waals surface area contributed by atoms with Crippen LogP contribution in [0.25, 0.3) is 22.2 Å². The molecule has 3 rings (SSSR count). The maximum Gasteiger partial charge on any atom is 0.222 e. The SMILES string of the molecule is Cc1[nH]c2cccc(Br)c2c1-c1cc(N)on1. The summed E-state index contributed by atoms with van der Waals surface area (Å²) in [5.74, 6) is 0.320. The first-order valence-electron chi connectivity index (χ1n) is 5.16. The Labute approximate surface area is 106 Å². The van der Waals surface area contributed by atoms with Gasteiger partial charge in [0.15, 0.2) is 0 Å². The fourth-order valence-corrected chi connectivity index (χ4v) is 2.63. The number of hydrogen-bond acceptors (Lipinski definition) is 3. The number of aromatic nitrogens is 2. The summed E-state index contributed by atoms with van der Waals surface area (Å²) in [4.78, 5) is 3.32. The average Bonchev–Trinajstić information content (AvgIpc) is 2.82. The van der Waals surface area contributed by atoms with Crippen LogP contribution in [0.2, 0.25) is 0 Å². The van der Waals surface area contributed by atoms with Crippen LogP contribution in [0.15, 0.2) is 33.3 Å². The quantitative estimate of drug-likeness (QED) is 0.721. The first kappa shape index (κ1) is 10.4.